The fourth-order valence-corrected chi connectivity index (χ4v) is 13.7. The summed E-state index contributed by atoms with van der Waals surface area (Å²) in [5.41, 5.74) is 2.79. The van der Waals surface area contributed by atoms with Crippen molar-refractivity contribution in [2.75, 3.05) is 140 Å². The number of likely N-dealkylation sites (tertiary alicyclic amines) is 4. The number of ether oxygens (including phenoxy) is 1. The van der Waals surface area contributed by atoms with E-state index in [1.54, 1.807) is 65.3 Å². The maximum atomic E-state index is 15.7. The summed E-state index contributed by atoms with van der Waals surface area (Å²) in [7, 11) is 1.71. The summed E-state index contributed by atoms with van der Waals surface area (Å²) in [6, 6.07) is 11.3. The van der Waals surface area contributed by atoms with Crippen molar-refractivity contribution < 1.29 is 37.5 Å². The number of nitrogens with zero attached hydrogens (tertiary/aromatic N) is 9. The van der Waals surface area contributed by atoms with Crippen molar-refractivity contribution in [3.05, 3.63) is 88.1 Å². The molecule has 4 amide bonds. The van der Waals surface area contributed by atoms with Crippen LogP contribution in [0.5, 0.6) is 5.75 Å². The van der Waals surface area contributed by atoms with E-state index in [1.165, 1.54) is 62.0 Å². The van der Waals surface area contributed by atoms with Gasteiger partial charge in [0.1, 0.15) is 47.6 Å². The van der Waals surface area contributed by atoms with Crippen LogP contribution >= 0.6 is 11.3 Å². The molecular weight excluding hydrogens is 1140 g/mol. The molecule has 0 radical (unpaired) electrons. The molecule has 23 heteroatoms. The van der Waals surface area contributed by atoms with Gasteiger partial charge in [-0.25, -0.2) is 23.7 Å². The molecule has 8 heterocycles. The van der Waals surface area contributed by atoms with Crippen LogP contribution in [0.25, 0.3) is 0 Å². The highest BCUT2D eigenvalue weighted by Gasteiger charge is 2.43. The molecule has 11 rings (SSSR count). The first kappa shape index (κ1) is 66.0. The van der Waals surface area contributed by atoms with Crippen molar-refractivity contribution in [1.82, 2.24) is 55.8 Å². The number of carbonyl (C=O) groups is 5. The van der Waals surface area contributed by atoms with Gasteiger partial charge < -0.3 is 50.9 Å². The van der Waals surface area contributed by atoms with E-state index in [2.05, 4.69) is 75.0 Å². The van der Waals surface area contributed by atoms with E-state index < -0.39 is 17.2 Å². The van der Waals surface area contributed by atoms with Gasteiger partial charge in [-0.15, -0.1) is 11.3 Å². The summed E-state index contributed by atoms with van der Waals surface area (Å²) in [6.07, 6.45) is 17.0. The number of fused-ring (bicyclic) bond motifs is 1. The zero-order valence-corrected chi connectivity index (χ0v) is 53.1. The topological polar surface area (TPSA) is 213 Å². The Labute approximate surface area is 522 Å². The standard InChI is InChI=1S/C49H63F2N11O4S.C10H19N3O2.C6H12/c1-48(2)7-14-58(15-8-48)23-35-20-40(51)42(21-39(35)50)62-29-46(64)57-49(31-62)9-16-61(17-10-49)44-22-43(54-32-55-44)52-11-4-13-59-24-36-26-60(27-37(36)25-59)28-45(63)53-12-18-66-38-6-3-5-34(19-38)47(65)41-30-67-33-56-41;1-8(11-2)10(15)12-7-9(14)13-5-3-4-6-13;1-2-4-6-5-3-1/h3,5-6,19-22,30,32-33,36-37H,4,7-18,23-29,31H2,1-2H3,(H,53,63)(H,57,64)(H,52,54,55);8,11H,3-7H2,1-2H3,(H,12,15);1-6H2. The predicted octanol–water partition coefficient (Wildman–Crippen LogP) is 6.57. The lowest BCUT2D eigenvalue weighted by Crippen LogP contribution is -2.66. The second-order valence-corrected chi connectivity index (χ2v) is 26.6. The minimum absolute atomic E-state index is 0.0124. The molecule has 480 valence electrons. The average Bonchev–Trinajstić information content (AvgIpc) is 4.43. The third kappa shape index (κ3) is 19.1. The summed E-state index contributed by atoms with van der Waals surface area (Å²) in [6.45, 7) is 18.5. The van der Waals surface area contributed by atoms with Gasteiger partial charge in [-0.1, -0.05) is 64.5 Å². The fourth-order valence-electron chi connectivity index (χ4n) is 13.1. The van der Waals surface area contributed by atoms with Crippen LogP contribution < -0.4 is 41.1 Å². The Hall–Kier alpha value is -6.40. The summed E-state index contributed by atoms with van der Waals surface area (Å²) >= 11 is 1.38. The zero-order chi connectivity index (χ0) is 62.0. The summed E-state index contributed by atoms with van der Waals surface area (Å²) < 4.78 is 37.0. The third-order valence-corrected chi connectivity index (χ3v) is 19.2. The number of halogens is 2. The number of rotatable bonds is 21. The van der Waals surface area contributed by atoms with Gasteiger partial charge in [0.2, 0.25) is 29.4 Å². The van der Waals surface area contributed by atoms with Crippen LogP contribution in [0.3, 0.4) is 0 Å². The largest absolute Gasteiger partial charge is 0.492 e. The molecule has 2 aromatic heterocycles. The number of anilines is 3. The number of likely N-dealkylation sites (N-methyl/N-ethyl adjacent to an activating group) is 1. The van der Waals surface area contributed by atoms with Crippen LogP contribution in [0.4, 0.5) is 26.1 Å². The van der Waals surface area contributed by atoms with Crippen LogP contribution in [0, 0.1) is 28.9 Å². The molecule has 1 aliphatic carbocycles. The average molecular weight is 1240 g/mol. The van der Waals surface area contributed by atoms with Crippen molar-refractivity contribution in [1.29, 1.82) is 0 Å². The van der Waals surface area contributed by atoms with Gasteiger partial charge >= 0.3 is 0 Å². The van der Waals surface area contributed by atoms with Crippen molar-refractivity contribution >= 4 is 58.1 Å². The third-order valence-electron chi connectivity index (χ3n) is 18.6. The maximum Gasteiger partial charge on any atom is 0.241 e. The molecule has 3 unspecified atom stereocenters. The van der Waals surface area contributed by atoms with Crippen LogP contribution in [0.15, 0.2) is 59.7 Å². The summed E-state index contributed by atoms with van der Waals surface area (Å²) in [5.74, 6) is 1.88. The first-order valence-corrected chi connectivity index (χ1v) is 33.1. The number of carbonyl (C=O) groups excluding carboxylic acids is 5. The molecule has 6 saturated heterocycles. The number of amides is 4. The Kier molecular flexibility index (Phi) is 23.9. The Balaban J connectivity index is 0.000000370. The monoisotopic (exact) mass is 1240 g/mol. The molecule has 20 nitrogen and oxygen atoms in total. The van der Waals surface area contributed by atoms with Gasteiger partial charge in [-0.3, -0.25) is 33.8 Å². The van der Waals surface area contributed by atoms with Gasteiger partial charge in [-0.05, 0) is 114 Å². The van der Waals surface area contributed by atoms with E-state index in [1.807, 2.05) is 6.07 Å². The molecule has 1 spiro atoms. The number of ketones is 1. The number of thiazole rings is 1. The molecule has 6 aliphatic heterocycles. The quantitative estimate of drug-likeness (QED) is 0.0441. The number of nitrogens with one attached hydrogen (secondary N) is 5. The Morgan fingerprint density at radius 1 is 0.784 bits per heavy atom. The summed E-state index contributed by atoms with van der Waals surface area (Å²) in [5, 5.41) is 16.8. The second-order valence-electron chi connectivity index (χ2n) is 25.9. The predicted molar refractivity (Wildman–Crippen MR) is 340 cm³/mol. The Morgan fingerprint density at radius 2 is 1.49 bits per heavy atom. The SMILES string of the molecule is C1CCCCC1.CC1(C)CCN(Cc2cc(F)c(N3CC(=O)NC4(CCN(c5cc(NCCCN6CC7CN(CC(=O)NCCOc8cccc(C(=O)c9cscn9)c8)CC7C6)ncn5)CC4)C3)cc2F)CC1.CNC(C)C(=O)NCC(=O)N1CCCC1. The van der Waals surface area contributed by atoms with E-state index >= 15 is 8.78 Å². The molecule has 5 N–H and O–H groups in total. The highest BCUT2D eigenvalue weighted by molar-refractivity contribution is 7.07. The van der Waals surface area contributed by atoms with Crippen LogP contribution in [0.1, 0.15) is 126 Å². The number of benzene rings is 2. The van der Waals surface area contributed by atoms with Crippen LogP contribution in [-0.2, 0) is 25.7 Å². The fraction of sp³-hybridized carbons (Fsp3) is 0.631. The Morgan fingerprint density at radius 3 is 2.17 bits per heavy atom. The van der Waals surface area contributed by atoms with Gasteiger partial charge in [0, 0.05) is 101 Å². The lowest BCUT2D eigenvalue weighted by Gasteiger charge is -2.48. The van der Waals surface area contributed by atoms with Crippen LogP contribution in [0.2, 0.25) is 0 Å². The van der Waals surface area contributed by atoms with Crippen LogP contribution in [-0.4, -0.2) is 200 Å². The molecule has 4 aromatic rings. The lowest BCUT2D eigenvalue weighted by molar-refractivity contribution is -0.132. The van der Waals surface area contributed by atoms with Gasteiger partial charge in [-0.2, -0.15) is 0 Å². The second kappa shape index (κ2) is 31.9. The number of aromatic nitrogens is 3. The maximum absolute atomic E-state index is 15.7. The molecule has 3 atom stereocenters. The van der Waals surface area contributed by atoms with Crippen molar-refractivity contribution in [3.8, 4) is 5.75 Å². The highest BCUT2D eigenvalue weighted by Crippen LogP contribution is 2.35. The van der Waals surface area contributed by atoms with E-state index in [0.717, 1.165) is 109 Å². The first-order valence-electron chi connectivity index (χ1n) is 32.2. The van der Waals surface area contributed by atoms with Crippen molar-refractivity contribution in [3.63, 3.8) is 0 Å². The zero-order valence-electron chi connectivity index (χ0n) is 52.3. The molecular formula is C65H94F2N14O6S. The normalized spacial score (nSPS) is 21.3. The summed E-state index contributed by atoms with van der Waals surface area (Å²) in [4.78, 5) is 87.2. The highest BCUT2D eigenvalue weighted by atomic mass is 32.1. The lowest BCUT2D eigenvalue weighted by atomic mass is 9.82. The number of piperidine rings is 2. The minimum Gasteiger partial charge on any atom is -0.492 e. The van der Waals surface area contributed by atoms with Crippen molar-refractivity contribution in [2.24, 2.45) is 17.3 Å². The molecule has 1 saturated carbocycles. The van der Waals surface area contributed by atoms with E-state index in [4.69, 9.17) is 4.74 Å². The van der Waals surface area contributed by atoms with Gasteiger partial charge in [0.05, 0.1) is 49.0 Å². The van der Waals surface area contributed by atoms with E-state index in [0.29, 0.717) is 93.1 Å². The van der Waals surface area contributed by atoms with Gasteiger partial charge in [0.25, 0.3) is 0 Å². The number of hydrogen-bond donors (Lipinski definition) is 5. The van der Waals surface area contributed by atoms with E-state index in [9.17, 15) is 24.0 Å². The minimum atomic E-state index is -0.553. The molecule has 0 bridgehead atoms. The molecule has 2 aromatic carbocycles. The van der Waals surface area contributed by atoms with Gasteiger partial charge in [0.15, 0.2) is 0 Å². The van der Waals surface area contributed by atoms with Crippen molar-refractivity contribution in [2.45, 2.75) is 122 Å². The molecule has 7 aliphatic rings. The van der Waals surface area contributed by atoms with E-state index in [-0.39, 0.29) is 59.6 Å². The first-order chi connectivity index (χ1) is 42.5. The number of piperazine rings is 1. The Bertz CT molecular complexity index is 2900. The molecule has 7 fully saturated rings. The molecule has 88 heavy (non-hydrogen) atoms. The number of hydrogen-bond acceptors (Lipinski definition) is 17. The smallest absolute Gasteiger partial charge is 0.241 e.